The molecule has 2 rings (SSSR count). The molecule has 2 amide bonds. The van der Waals surface area contributed by atoms with Gasteiger partial charge in [0.1, 0.15) is 0 Å². The van der Waals surface area contributed by atoms with Gasteiger partial charge < -0.3 is 10.2 Å². The standard InChI is InChI=1S/C11H17N3O2S/c1-7(2)14-6-8(5-9(14)15)10(16)13-11-12-3-4-17-11/h7-8H,3-6H2,1-2H3,(H,12,13,16). The average Bonchev–Trinajstić information content (AvgIpc) is 2.86. The molecule has 6 heteroatoms. The van der Waals surface area contributed by atoms with Crippen LogP contribution < -0.4 is 5.32 Å². The van der Waals surface area contributed by atoms with Crippen LogP contribution in [0.4, 0.5) is 0 Å². The van der Waals surface area contributed by atoms with Gasteiger partial charge in [-0.05, 0) is 13.8 Å². The van der Waals surface area contributed by atoms with Crippen molar-refractivity contribution in [3.05, 3.63) is 0 Å². The zero-order valence-electron chi connectivity index (χ0n) is 10.1. The predicted octanol–water partition coefficient (Wildman–Crippen LogP) is 0.462. The number of hydrogen-bond acceptors (Lipinski definition) is 4. The molecule has 0 radical (unpaired) electrons. The van der Waals surface area contributed by atoms with Gasteiger partial charge in [-0.15, -0.1) is 0 Å². The fourth-order valence-electron chi connectivity index (χ4n) is 2.02. The highest BCUT2D eigenvalue weighted by Gasteiger charge is 2.35. The van der Waals surface area contributed by atoms with Crippen molar-refractivity contribution in [1.29, 1.82) is 0 Å². The number of nitrogens with zero attached hydrogens (tertiary/aromatic N) is 2. The van der Waals surface area contributed by atoms with E-state index < -0.39 is 0 Å². The SMILES string of the molecule is CC(C)N1CC(C(=O)NC2=NCCS2)CC1=O. The first-order valence-electron chi connectivity index (χ1n) is 5.85. The Balaban J connectivity index is 1.91. The molecule has 0 spiro atoms. The maximum absolute atomic E-state index is 11.9. The van der Waals surface area contributed by atoms with Crippen molar-refractivity contribution in [1.82, 2.24) is 10.2 Å². The van der Waals surface area contributed by atoms with E-state index >= 15 is 0 Å². The second-order valence-corrected chi connectivity index (χ2v) is 5.65. The number of thioether (sulfide) groups is 1. The number of aliphatic imine (C=N–C) groups is 1. The van der Waals surface area contributed by atoms with E-state index in [1.54, 1.807) is 16.7 Å². The number of nitrogens with one attached hydrogen (secondary N) is 1. The monoisotopic (exact) mass is 255 g/mol. The third-order valence-electron chi connectivity index (χ3n) is 2.97. The van der Waals surface area contributed by atoms with Gasteiger partial charge >= 0.3 is 0 Å². The van der Waals surface area contributed by atoms with E-state index in [0.29, 0.717) is 18.1 Å². The van der Waals surface area contributed by atoms with Crippen LogP contribution in [-0.2, 0) is 9.59 Å². The molecule has 17 heavy (non-hydrogen) atoms. The number of carbonyl (C=O) groups excluding carboxylic acids is 2. The molecule has 1 unspecified atom stereocenters. The molecule has 0 saturated carbocycles. The highest BCUT2D eigenvalue weighted by atomic mass is 32.2. The molecule has 5 nitrogen and oxygen atoms in total. The van der Waals surface area contributed by atoms with Crippen molar-refractivity contribution in [2.75, 3.05) is 18.8 Å². The Morgan fingerprint density at radius 1 is 1.59 bits per heavy atom. The van der Waals surface area contributed by atoms with Crippen LogP contribution in [0.3, 0.4) is 0 Å². The number of amidine groups is 1. The number of carbonyl (C=O) groups is 2. The summed E-state index contributed by atoms with van der Waals surface area (Å²) in [4.78, 5) is 29.5. The van der Waals surface area contributed by atoms with E-state index in [4.69, 9.17) is 0 Å². The van der Waals surface area contributed by atoms with Gasteiger partial charge in [0.15, 0.2) is 5.17 Å². The summed E-state index contributed by atoms with van der Waals surface area (Å²) in [6.07, 6.45) is 0.321. The minimum absolute atomic E-state index is 0.0705. The van der Waals surface area contributed by atoms with Crippen LogP contribution in [0.2, 0.25) is 0 Å². The Hall–Kier alpha value is -1.04. The topological polar surface area (TPSA) is 61.8 Å². The summed E-state index contributed by atoms with van der Waals surface area (Å²) in [5.74, 6) is 0.696. The highest BCUT2D eigenvalue weighted by Crippen LogP contribution is 2.20. The summed E-state index contributed by atoms with van der Waals surface area (Å²) in [6, 6.07) is 0.165. The number of rotatable bonds is 2. The molecule has 1 saturated heterocycles. The van der Waals surface area contributed by atoms with E-state index in [-0.39, 0.29) is 23.8 Å². The van der Waals surface area contributed by atoms with Gasteiger partial charge in [-0.1, -0.05) is 11.8 Å². The fourth-order valence-corrected chi connectivity index (χ4v) is 2.76. The van der Waals surface area contributed by atoms with Gasteiger partial charge in [0.05, 0.1) is 12.5 Å². The molecule has 2 aliphatic rings. The molecule has 1 atom stereocenters. The Bertz CT molecular complexity index is 368. The maximum atomic E-state index is 11.9. The summed E-state index contributed by atoms with van der Waals surface area (Å²) in [5.41, 5.74) is 0. The minimum atomic E-state index is -0.228. The molecule has 0 bridgehead atoms. The van der Waals surface area contributed by atoms with Gasteiger partial charge in [-0.3, -0.25) is 14.6 Å². The Morgan fingerprint density at radius 2 is 2.35 bits per heavy atom. The normalized spacial score (nSPS) is 24.4. The zero-order valence-corrected chi connectivity index (χ0v) is 10.9. The second kappa shape index (κ2) is 5.08. The minimum Gasteiger partial charge on any atom is -0.339 e. The van der Waals surface area contributed by atoms with E-state index in [1.165, 1.54) is 0 Å². The van der Waals surface area contributed by atoms with Gasteiger partial charge in [-0.2, -0.15) is 0 Å². The molecule has 0 aromatic carbocycles. The van der Waals surface area contributed by atoms with Crippen molar-refractivity contribution in [3.8, 4) is 0 Å². The maximum Gasteiger partial charge on any atom is 0.231 e. The molecule has 2 aliphatic heterocycles. The number of amides is 2. The average molecular weight is 255 g/mol. The molecule has 1 fully saturated rings. The molecule has 1 N–H and O–H groups in total. The van der Waals surface area contributed by atoms with Crippen LogP contribution in [0.15, 0.2) is 4.99 Å². The van der Waals surface area contributed by atoms with Crippen LogP contribution in [0.1, 0.15) is 20.3 Å². The lowest BCUT2D eigenvalue weighted by atomic mass is 10.1. The fraction of sp³-hybridized carbons (Fsp3) is 0.727. The first-order valence-corrected chi connectivity index (χ1v) is 6.84. The molecule has 0 aliphatic carbocycles. The van der Waals surface area contributed by atoms with E-state index in [2.05, 4.69) is 10.3 Å². The van der Waals surface area contributed by atoms with Crippen LogP contribution in [0, 0.1) is 5.92 Å². The smallest absolute Gasteiger partial charge is 0.231 e. The third kappa shape index (κ3) is 2.80. The van der Waals surface area contributed by atoms with Crippen LogP contribution in [0.5, 0.6) is 0 Å². The summed E-state index contributed by atoms with van der Waals surface area (Å²) in [6.45, 7) is 5.23. The third-order valence-corrected chi connectivity index (χ3v) is 3.86. The quantitative estimate of drug-likeness (QED) is 0.780. The lowest BCUT2D eigenvalue weighted by Gasteiger charge is -2.20. The lowest BCUT2D eigenvalue weighted by Crippen LogP contribution is -2.36. The Labute approximate surface area is 105 Å². The number of hydrogen-bond donors (Lipinski definition) is 1. The first-order chi connectivity index (χ1) is 8.08. The zero-order chi connectivity index (χ0) is 12.4. The van der Waals surface area contributed by atoms with Crippen molar-refractivity contribution >= 4 is 28.7 Å². The van der Waals surface area contributed by atoms with Gasteiger partial charge in [0, 0.05) is 24.8 Å². The molecule has 2 heterocycles. The van der Waals surface area contributed by atoms with E-state index in [9.17, 15) is 9.59 Å². The number of likely N-dealkylation sites (tertiary alicyclic amines) is 1. The molecular formula is C11H17N3O2S. The van der Waals surface area contributed by atoms with Crippen molar-refractivity contribution in [3.63, 3.8) is 0 Å². The highest BCUT2D eigenvalue weighted by molar-refractivity contribution is 8.14. The van der Waals surface area contributed by atoms with Crippen LogP contribution in [-0.4, -0.2) is 46.8 Å². The molecule has 94 valence electrons. The van der Waals surface area contributed by atoms with Gasteiger partial charge in [-0.25, -0.2) is 0 Å². The molecule has 0 aromatic heterocycles. The summed E-state index contributed by atoms with van der Waals surface area (Å²) < 4.78 is 0. The van der Waals surface area contributed by atoms with Gasteiger partial charge in [0.25, 0.3) is 0 Å². The summed E-state index contributed by atoms with van der Waals surface area (Å²) in [7, 11) is 0. The van der Waals surface area contributed by atoms with Crippen molar-refractivity contribution in [2.45, 2.75) is 26.3 Å². The Kier molecular flexibility index (Phi) is 3.71. The summed E-state index contributed by atoms with van der Waals surface area (Å²) in [5, 5.41) is 3.50. The summed E-state index contributed by atoms with van der Waals surface area (Å²) >= 11 is 1.56. The lowest BCUT2D eigenvalue weighted by molar-refractivity contribution is -0.129. The van der Waals surface area contributed by atoms with Gasteiger partial charge in [0.2, 0.25) is 11.8 Å². The van der Waals surface area contributed by atoms with Crippen molar-refractivity contribution < 1.29 is 9.59 Å². The van der Waals surface area contributed by atoms with E-state index in [0.717, 1.165) is 12.3 Å². The molecular weight excluding hydrogens is 238 g/mol. The van der Waals surface area contributed by atoms with Crippen molar-refractivity contribution in [2.24, 2.45) is 10.9 Å². The first kappa shape index (κ1) is 12.4. The second-order valence-electron chi connectivity index (χ2n) is 4.57. The van der Waals surface area contributed by atoms with Crippen LogP contribution in [0.25, 0.3) is 0 Å². The largest absolute Gasteiger partial charge is 0.339 e. The van der Waals surface area contributed by atoms with Crippen LogP contribution >= 0.6 is 11.8 Å². The van der Waals surface area contributed by atoms with E-state index in [1.807, 2.05) is 13.8 Å². The Morgan fingerprint density at radius 3 is 2.88 bits per heavy atom. The molecule has 0 aromatic rings. The predicted molar refractivity (Wildman–Crippen MR) is 67.9 cm³/mol.